The number of rotatable bonds is 9. The SMILES string of the molecule is CC(C)[C@H]1CC[C@H](C)C[C@@H]1OC(=O)N(CC12CC3CC(CC(C3)C1)C2)C[C@]1(O)CC[C@H]2[C@]34C=C[C@@]5(C=C3C(=O)c3ccc(-c6cc(C(F)(F)F)ccc6Cl)o3)CC(O)CC[C@]5(C)[C@H]4CC[C@@]21C. The first-order valence-corrected chi connectivity index (χ1v) is 26.3. The highest BCUT2D eigenvalue weighted by molar-refractivity contribution is 6.33. The van der Waals surface area contributed by atoms with Gasteiger partial charge in [-0.25, -0.2) is 4.79 Å². The Balaban J connectivity index is 0.957. The highest BCUT2D eigenvalue weighted by Crippen LogP contribution is 2.78. The predicted octanol–water partition coefficient (Wildman–Crippen LogP) is 13.5. The van der Waals surface area contributed by atoms with Gasteiger partial charge >= 0.3 is 12.3 Å². The largest absolute Gasteiger partial charge is 0.453 e. The highest BCUT2D eigenvalue weighted by atomic mass is 35.5. The van der Waals surface area contributed by atoms with Crippen LogP contribution in [-0.2, 0) is 10.9 Å². The number of ether oxygens (including phenoxy) is 1. The van der Waals surface area contributed by atoms with Gasteiger partial charge in [-0.3, -0.25) is 4.79 Å². The first-order chi connectivity index (χ1) is 31.6. The molecule has 1 heterocycles. The van der Waals surface area contributed by atoms with E-state index < -0.39 is 39.7 Å². The zero-order chi connectivity index (χ0) is 47.3. The molecule has 6 bridgehead atoms. The first-order valence-electron chi connectivity index (χ1n) is 25.9. The van der Waals surface area contributed by atoms with E-state index in [0.29, 0.717) is 73.3 Å². The summed E-state index contributed by atoms with van der Waals surface area (Å²) in [4.78, 5) is 32.5. The van der Waals surface area contributed by atoms with E-state index in [1.54, 1.807) is 0 Å². The van der Waals surface area contributed by atoms with Gasteiger partial charge in [-0.15, -0.1) is 0 Å². The van der Waals surface area contributed by atoms with Gasteiger partial charge in [0.2, 0.25) is 5.78 Å². The number of Topliss-reactive ketones (excluding diaryl/α,β-unsaturated/α-hetero) is 1. The van der Waals surface area contributed by atoms with Gasteiger partial charge in [0, 0.05) is 33.9 Å². The quantitative estimate of drug-likeness (QED) is 0.192. The van der Waals surface area contributed by atoms with Crippen LogP contribution in [-0.4, -0.2) is 57.9 Å². The van der Waals surface area contributed by atoms with E-state index in [-0.39, 0.29) is 69.3 Å². The zero-order valence-electron chi connectivity index (χ0n) is 40.1. The minimum Gasteiger partial charge on any atom is -0.453 e. The summed E-state index contributed by atoms with van der Waals surface area (Å²) in [6, 6.07) is 6.13. The summed E-state index contributed by atoms with van der Waals surface area (Å²) in [7, 11) is 0. The maximum absolute atomic E-state index is 15.4. The van der Waals surface area contributed by atoms with E-state index in [1.807, 2.05) is 4.90 Å². The maximum Gasteiger partial charge on any atom is 0.416 e. The van der Waals surface area contributed by atoms with Gasteiger partial charge in [-0.05, 0) is 185 Å². The Morgan fingerprint density at radius 1 is 0.866 bits per heavy atom. The molecule has 0 saturated heterocycles. The number of benzene rings is 1. The van der Waals surface area contributed by atoms with Crippen LogP contribution in [0.25, 0.3) is 11.3 Å². The minimum atomic E-state index is -4.60. The van der Waals surface area contributed by atoms with Crippen LogP contribution in [0.2, 0.25) is 5.02 Å². The normalized spacial score (nSPS) is 43.7. The standard InChI is InChI=1S/C56H71ClF3NO6/c1-32(2)39-8-6-33(3)20-45(39)67-49(64)61(30-52-25-34-21-35(26-52)23-36(22-34)27-52)31-54(65)17-14-47-51(54,5)16-13-46-50(4)15-12-38(62)28-53(50)18-19-55(46,47)41(29-53)48(63)44-11-10-43(66-44)40-24-37(56(58,59)60)7-9-42(40)57/h7,9-11,18-19,24,29,32-36,38-39,45-47,62,65H,6,8,12-17,20-23,25-28,30-31H2,1-5H3/t33-,34?,35?,36?,38?,39+,45-,46+,47+,50+,51-,52?,53-,54+,55+/m0/s1. The number of ketones is 1. The van der Waals surface area contributed by atoms with Crippen molar-refractivity contribution >= 4 is 23.5 Å². The molecule has 1 aromatic carbocycles. The molecule has 1 aromatic heterocycles. The third kappa shape index (κ3) is 7.06. The van der Waals surface area contributed by atoms with E-state index >= 15 is 9.59 Å². The molecule has 8 saturated carbocycles. The Hall–Kier alpha value is -3.08. The zero-order valence-corrected chi connectivity index (χ0v) is 40.9. The summed E-state index contributed by atoms with van der Waals surface area (Å²) in [6.45, 7) is 12.1. The molecular formula is C56H71ClF3NO6. The molecule has 1 unspecified atom stereocenters. The minimum absolute atomic E-state index is 0.0139. The van der Waals surface area contributed by atoms with Crippen molar-refractivity contribution in [3.05, 3.63) is 70.5 Å². The lowest BCUT2D eigenvalue weighted by Gasteiger charge is -2.71. The second-order valence-corrected chi connectivity index (χ2v) is 25.4. The molecular weight excluding hydrogens is 875 g/mol. The average Bonchev–Trinajstić information content (AvgIpc) is 3.84. The number of aliphatic hydroxyl groups is 2. The molecule has 364 valence electrons. The molecule has 11 aliphatic rings. The number of carbonyl (C=O) groups excluding carboxylic acids is 2. The molecule has 13 rings (SSSR count). The summed E-state index contributed by atoms with van der Waals surface area (Å²) >= 11 is 6.47. The Morgan fingerprint density at radius 3 is 2.22 bits per heavy atom. The summed E-state index contributed by atoms with van der Waals surface area (Å²) in [6.07, 6.45) is 15.9. The molecule has 0 radical (unpaired) electrons. The van der Waals surface area contributed by atoms with E-state index in [1.165, 1.54) is 37.5 Å². The summed E-state index contributed by atoms with van der Waals surface area (Å²) in [5.74, 6) is 2.85. The number of nitrogens with zero attached hydrogens (tertiary/aromatic N) is 1. The van der Waals surface area contributed by atoms with Crippen molar-refractivity contribution in [1.29, 1.82) is 0 Å². The van der Waals surface area contributed by atoms with Gasteiger partial charge in [0.15, 0.2) is 5.76 Å². The fourth-order valence-electron chi connectivity index (χ4n) is 18.1. The number of furan rings is 1. The van der Waals surface area contributed by atoms with Crippen molar-refractivity contribution in [2.24, 2.45) is 74.4 Å². The fourth-order valence-corrected chi connectivity index (χ4v) is 18.3. The van der Waals surface area contributed by atoms with Crippen LogP contribution >= 0.6 is 11.6 Å². The Morgan fingerprint density at radius 2 is 1.54 bits per heavy atom. The molecule has 2 spiro atoms. The van der Waals surface area contributed by atoms with Crippen LogP contribution in [0.1, 0.15) is 153 Å². The monoisotopic (exact) mass is 945 g/mol. The van der Waals surface area contributed by atoms with Gasteiger partial charge in [-0.1, -0.05) is 70.9 Å². The number of hydrogen-bond acceptors (Lipinski definition) is 6. The van der Waals surface area contributed by atoms with E-state index in [9.17, 15) is 23.4 Å². The number of halogens is 4. The van der Waals surface area contributed by atoms with E-state index in [4.69, 9.17) is 20.8 Å². The molecule has 0 aliphatic heterocycles. The van der Waals surface area contributed by atoms with Crippen LogP contribution in [0.5, 0.6) is 0 Å². The number of alkyl halides is 3. The van der Waals surface area contributed by atoms with Crippen molar-refractivity contribution in [3.8, 4) is 11.3 Å². The van der Waals surface area contributed by atoms with Crippen molar-refractivity contribution in [2.45, 2.75) is 161 Å². The number of carbonyl (C=O) groups is 2. The number of aliphatic hydroxyl groups excluding tert-OH is 1. The van der Waals surface area contributed by atoms with Crippen molar-refractivity contribution in [1.82, 2.24) is 4.90 Å². The second kappa shape index (κ2) is 15.7. The number of allylic oxidation sites excluding steroid dienone is 4. The Kier molecular flexibility index (Phi) is 10.9. The maximum atomic E-state index is 15.4. The molecule has 2 aromatic rings. The molecule has 7 nitrogen and oxygen atoms in total. The van der Waals surface area contributed by atoms with E-state index in [2.05, 4.69) is 52.8 Å². The average molecular weight is 947 g/mol. The first kappa shape index (κ1) is 46.3. The van der Waals surface area contributed by atoms with Gasteiger partial charge in [0.25, 0.3) is 0 Å². The number of fused-ring (bicyclic) bond motifs is 1. The lowest BCUT2D eigenvalue weighted by molar-refractivity contribution is -0.177. The van der Waals surface area contributed by atoms with Crippen molar-refractivity contribution in [3.63, 3.8) is 0 Å². The fraction of sp³-hybridized carbons (Fsp3) is 0.714. The molecule has 8 fully saturated rings. The molecule has 11 atom stereocenters. The summed E-state index contributed by atoms with van der Waals surface area (Å²) < 4.78 is 54.5. The third-order valence-corrected chi connectivity index (χ3v) is 21.3. The van der Waals surface area contributed by atoms with Gasteiger partial charge < -0.3 is 24.3 Å². The van der Waals surface area contributed by atoms with Gasteiger partial charge in [-0.2, -0.15) is 13.2 Å². The van der Waals surface area contributed by atoms with Crippen LogP contribution in [0.15, 0.2) is 58.6 Å². The molecule has 11 aliphatic carbocycles. The lowest BCUT2D eigenvalue weighted by Crippen LogP contribution is -2.67. The smallest absolute Gasteiger partial charge is 0.416 e. The predicted molar refractivity (Wildman–Crippen MR) is 251 cm³/mol. The molecule has 67 heavy (non-hydrogen) atoms. The van der Waals surface area contributed by atoms with Gasteiger partial charge in [0.05, 0.1) is 28.8 Å². The van der Waals surface area contributed by atoms with Gasteiger partial charge in [0.1, 0.15) is 11.9 Å². The second-order valence-electron chi connectivity index (χ2n) is 25.0. The summed E-state index contributed by atoms with van der Waals surface area (Å²) in [5, 5.41) is 25.0. The molecule has 1 amide bonds. The van der Waals surface area contributed by atoms with Crippen LogP contribution in [0.3, 0.4) is 0 Å². The number of amides is 1. The highest BCUT2D eigenvalue weighted by Gasteiger charge is 2.75. The number of hydrogen-bond donors (Lipinski definition) is 2. The van der Waals surface area contributed by atoms with Crippen LogP contribution in [0.4, 0.5) is 18.0 Å². The van der Waals surface area contributed by atoms with Crippen LogP contribution < -0.4 is 0 Å². The van der Waals surface area contributed by atoms with E-state index in [0.717, 1.165) is 69.9 Å². The third-order valence-electron chi connectivity index (χ3n) is 21.0. The summed E-state index contributed by atoms with van der Waals surface area (Å²) in [5.41, 5.74) is -3.85. The van der Waals surface area contributed by atoms with Crippen molar-refractivity contribution in [2.75, 3.05) is 13.1 Å². The topological polar surface area (TPSA) is 100 Å². The molecule has 2 N–H and O–H groups in total. The van der Waals surface area contributed by atoms with Crippen LogP contribution in [0, 0.1) is 74.4 Å². The Labute approximate surface area is 399 Å². The molecule has 11 heteroatoms. The van der Waals surface area contributed by atoms with Crippen molar-refractivity contribution < 1.29 is 42.1 Å². The Bertz CT molecular complexity index is 2350. The lowest BCUT2D eigenvalue weighted by atomic mass is 9.32.